The van der Waals surface area contributed by atoms with Crippen LogP contribution in [0.4, 0.5) is 11.4 Å². The lowest BCUT2D eigenvalue weighted by Crippen LogP contribution is -2.10. The first-order valence-electron chi connectivity index (χ1n) is 7.28. The third-order valence-corrected chi connectivity index (χ3v) is 4.25. The number of aromatic nitrogens is 1. The maximum atomic E-state index is 12.2. The van der Waals surface area contributed by atoms with Crippen LogP contribution < -0.4 is 10.1 Å². The number of thiophene rings is 1. The minimum absolute atomic E-state index is 0.0120. The Morgan fingerprint density at radius 3 is 2.60 bits per heavy atom. The number of nitro benzene ring substituents is 1. The van der Waals surface area contributed by atoms with Crippen LogP contribution in [0, 0.1) is 10.1 Å². The number of nitrogens with zero attached hydrogens (tertiary/aromatic N) is 2. The predicted molar refractivity (Wildman–Crippen MR) is 93.9 cm³/mol. The number of ether oxygens (including phenoxy) is 1. The van der Waals surface area contributed by atoms with Gasteiger partial charge in [-0.2, -0.15) is 0 Å². The van der Waals surface area contributed by atoms with Gasteiger partial charge in [-0.1, -0.05) is 0 Å². The number of hydrogen-bond acceptors (Lipinski definition) is 6. The summed E-state index contributed by atoms with van der Waals surface area (Å²) in [4.78, 5) is 26.8. The fourth-order valence-corrected chi connectivity index (χ4v) is 2.82. The van der Waals surface area contributed by atoms with E-state index < -0.39 is 4.92 Å². The van der Waals surface area contributed by atoms with Gasteiger partial charge in [0.2, 0.25) is 0 Å². The molecule has 3 rings (SSSR count). The van der Waals surface area contributed by atoms with Crippen LogP contribution in [0.3, 0.4) is 0 Å². The van der Waals surface area contributed by atoms with E-state index in [9.17, 15) is 14.9 Å². The highest BCUT2D eigenvalue weighted by Gasteiger charge is 2.10. The standard InChI is InChI=1S/C17H13N3O4S/c21-17(19-13-5-7-18-8-6-13)16-9-12(11-25-16)10-24-15-3-1-14(2-4-15)20(22)23/h1-9,11H,10H2,(H,18,19,21). The van der Waals surface area contributed by atoms with Gasteiger partial charge in [-0.15, -0.1) is 11.3 Å². The molecule has 0 bridgehead atoms. The number of nitro groups is 1. The molecular weight excluding hydrogens is 342 g/mol. The van der Waals surface area contributed by atoms with Crippen LogP contribution in [-0.4, -0.2) is 15.8 Å². The van der Waals surface area contributed by atoms with Gasteiger partial charge in [-0.25, -0.2) is 0 Å². The van der Waals surface area contributed by atoms with Crippen molar-refractivity contribution in [1.29, 1.82) is 0 Å². The first kappa shape index (κ1) is 16.6. The van der Waals surface area contributed by atoms with Crippen molar-refractivity contribution < 1.29 is 14.5 Å². The van der Waals surface area contributed by atoms with Gasteiger partial charge in [-0.05, 0) is 35.7 Å². The second-order valence-electron chi connectivity index (χ2n) is 5.05. The summed E-state index contributed by atoms with van der Waals surface area (Å²) in [5, 5.41) is 15.2. The van der Waals surface area contributed by atoms with E-state index in [2.05, 4.69) is 10.3 Å². The average molecular weight is 355 g/mol. The molecule has 0 unspecified atom stereocenters. The Bertz CT molecular complexity index is 878. The van der Waals surface area contributed by atoms with Gasteiger partial charge in [0, 0.05) is 35.8 Å². The van der Waals surface area contributed by atoms with E-state index in [-0.39, 0.29) is 18.2 Å². The van der Waals surface area contributed by atoms with Crippen molar-refractivity contribution in [2.45, 2.75) is 6.61 Å². The molecule has 1 amide bonds. The maximum Gasteiger partial charge on any atom is 0.269 e. The van der Waals surface area contributed by atoms with Crippen LogP contribution in [0.25, 0.3) is 0 Å². The monoisotopic (exact) mass is 355 g/mol. The summed E-state index contributed by atoms with van der Waals surface area (Å²) < 4.78 is 5.58. The highest BCUT2D eigenvalue weighted by molar-refractivity contribution is 7.12. The van der Waals surface area contributed by atoms with Crippen molar-refractivity contribution in [2.75, 3.05) is 5.32 Å². The predicted octanol–water partition coefficient (Wildman–Crippen LogP) is 3.88. The Morgan fingerprint density at radius 1 is 1.20 bits per heavy atom. The zero-order valence-corrected chi connectivity index (χ0v) is 13.7. The molecule has 0 aliphatic heterocycles. The molecule has 0 saturated carbocycles. The van der Waals surface area contributed by atoms with E-state index >= 15 is 0 Å². The molecule has 0 radical (unpaired) electrons. The Balaban J connectivity index is 1.58. The van der Waals surface area contributed by atoms with E-state index in [1.165, 1.54) is 23.5 Å². The highest BCUT2D eigenvalue weighted by atomic mass is 32.1. The summed E-state index contributed by atoms with van der Waals surface area (Å²) >= 11 is 1.32. The van der Waals surface area contributed by atoms with Crippen molar-refractivity contribution in [3.8, 4) is 5.75 Å². The number of non-ortho nitro benzene ring substituents is 1. The summed E-state index contributed by atoms with van der Waals surface area (Å²) in [7, 11) is 0. The maximum absolute atomic E-state index is 12.2. The fourth-order valence-electron chi connectivity index (χ4n) is 2.03. The third kappa shape index (κ3) is 4.39. The van der Waals surface area contributed by atoms with E-state index in [0.717, 1.165) is 5.56 Å². The smallest absolute Gasteiger partial charge is 0.269 e. The Morgan fingerprint density at radius 2 is 1.92 bits per heavy atom. The van der Waals surface area contributed by atoms with Gasteiger partial charge in [0.15, 0.2) is 0 Å². The molecule has 0 spiro atoms. The van der Waals surface area contributed by atoms with Gasteiger partial charge in [-0.3, -0.25) is 19.9 Å². The van der Waals surface area contributed by atoms with Crippen LogP contribution in [0.2, 0.25) is 0 Å². The van der Waals surface area contributed by atoms with Crippen LogP contribution in [-0.2, 0) is 6.61 Å². The molecule has 126 valence electrons. The Hall–Kier alpha value is -3.26. The molecule has 1 aromatic carbocycles. The molecule has 0 saturated heterocycles. The average Bonchev–Trinajstić information content (AvgIpc) is 3.10. The normalized spacial score (nSPS) is 10.2. The van der Waals surface area contributed by atoms with E-state index in [1.54, 1.807) is 42.7 Å². The quantitative estimate of drug-likeness (QED) is 0.535. The summed E-state index contributed by atoms with van der Waals surface area (Å²) in [6.45, 7) is 0.275. The lowest BCUT2D eigenvalue weighted by atomic mass is 10.3. The number of carbonyl (C=O) groups excluding carboxylic acids is 1. The van der Waals surface area contributed by atoms with Gasteiger partial charge in [0.05, 0.1) is 9.80 Å². The van der Waals surface area contributed by atoms with Crippen LogP contribution in [0.1, 0.15) is 15.2 Å². The van der Waals surface area contributed by atoms with Gasteiger partial charge in [0.1, 0.15) is 12.4 Å². The Labute approximate surface area is 147 Å². The number of pyridine rings is 1. The molecule has 7 nitrogen and oxygen atoms in total. The van der Waals surface area contributed by atoms with Crippen LogP contribution >= 0.6 is 11.3 Å². The second kappa shape index (κ2) is 7.54. The van der Waals surface area contributed by atoms with Gasteiger partial charge >= 0.3 is 0 Å². The zero-order chi connectivity index (χ0) is 17.6. The molecule has 0 atom stereocenters. The lowest BCUT2D eigenvalue weighted by Gasteiger charge is -2.04. The number of amides is 1. The minimum Gasteiger partial charge on any atom is -0.489 e. The third-order valence-electron chi connectivity index (χ3n) is 3.27. The van der Waals surface area contributed by atoms with Crippen molar-refractivity contribution in [1.82, 2.24) is 4.98 Å². The SMILES string of the molecule is O=C(Nc1ccncc1)c1cc(COc2ccc([N+](=O)[O-])cc2)cs1. The number of rotatable bonds is 6. The molecule has 8 heteroatoms. The number of carbonyl (C=O) groups is 1. The van der Waals surface area contributed by atoms with E-state index in [0.29, 0.717) is 16.3 Å². The van der Waals surface area contributed by atoms with Crippen molar-refractivity contribution in [2.24, 2.45) is 0 Å². The molecular formula is C17H13N3O4S. The second-order valence-corrected chi connectivity index (χ2v) is 5.96. The minimum atomic E-state index is -0.462. The first-order valence-corrected chi connectivity index (χ1v) is 8.16. The van der Waals surface area contributed by atoms with E-state index in [4.69, 9.17) is 4.74 Å². The number of hydrogen-bond donors (Lipinski definition) is 1. The number of nitrogens with one attached hydrogen (secondary N) is 1. The fraction of sp³-hybridized carbons (Fsp3) is 0.0588. The molecule has 2 aromatic heterocycles. The zero-order valence-electron chi connectivity index (χ0n) is 12.9. The Kier molecular flexibility index (Phi) is 5.00. The molecule has 0 aliphatic rings. The first-order chi connectivity index (χ1) is 12.1. The molecule has 3 aromatic rings. The van der Waals surface area contributed by atoms with Crippen LogP contribution in [0.15, 0.2) is 60.2 Å². The van der Waals surface area contributed by atoms with Crippen molar-refractivity contribution in [3.05, 3.63) is 80.8 Å². The molecule has 0 aliphatic carbocycles. The van der Waals surface area contributed by atoms with Gasteiger partial charge < -0.3 is 10.1 Å². The summed E-state index contributed by atoms with van der Waals surface area (Å²) in [6.07, 6.45) is 3.21. The highest BCUT2D eigenvalue weighted by Crippen LogP contribution is 2.21. The number of benzene rings is 1. The lowest BCUT2D eigenvalue weighted by molar-refractivity contribution is -0.384. The largest absolute Gasteiger partial charge is 0.489 e. The van der Waals surface area contributed by atoms with Crippen molar-refractivity contribution >= 4 is 28.6 Å². The summed E-state index contributed by atoms with van der Waals surface area (Å²) in [5.41, 5.74) is 1.54. The van der Waals surface area contributed by atoms with Crippen molar-refractivity contribution in [3.63, 3.8) is 0 Å². The molecule has 2 heterocycles. The van der Waals surface area contributed by atoms with E-state index in [1.807, 2.05) is 5.38 Å². The number of anilines is 1. The molecule has 1 N–H and O–H groups in total. The van der Waals surface area contributed by atoms with Crippen LogP contribution in [0.5, 0.6) is 5.75 Å². The topological polar surface area (TPSA) is 94.4 Å². The molecule has 0 fully saturated rings. The van der Waals surface area contributed by atoms with Gasteiger partial charge in [0.25, 0.3) is 11.6 Å². The summed E-state index contributed by atoms with van der Waals surface area (Å²) in [6, 6.07) is 11.0. The summed E-state index contributed by atoms with van der Waals surface area (Å²) in [5.74, 6) is 0.331. The molecule has 25 heavy (non-hydrogen) atoms.